The summed E-state index contributed by atoms with van der Waals surface area (Å²) in [6.07, 6.45) is 1.65. The highest BCUT2D eigenvalue weighted by molar-refractivity contribution is 9.11. The third-order valence-corrected chi connectivity index (χ3v) is 3.50. The first kappa shape index (κ1) is 11.3. The Morgan fingerprint density at radius 2 is 2.31 bits per heavy atom. The average molecular weight is 297 g/mol. The number of aryl methyl sites for hydroxylation is 1. The Hall–Kier alpha value is -1.20. The van der Waals surface area contributed by atoms with Gasteiger partial charge in [0.15, 0.2) is 0 Å². The quantitative estimate of drug-likeness (QED) is 0.922. The highest BCUT2D eigenvalue weighted by atomic mass is 79.9. The number of anilines is 1. The number of aromatic nitrogens is 1. The van der Waals surface area contributed by atoms with Crippen molar-refractivity contribution in [1.82, 2.24) is 4.98 Å². The minimum absolute atomic E-state index is 0.118. The molecule has 2 aromatic heterocycles. The molecule has 2 heterocycles. The molecule has 1 amide bonds. The summed E-state index contributed by atoms with van der Waals surface area (Å²) in [5, 5.41) is 4.59. The summed E-state index contributed by atoms with van der Waals surface area (Å²) in [4.78, 5) is 15.9. The Balaban J connectivity index is 2.10. The van der Waals surface area contributed by atoms with Gasteiger partial charge in [-0.15, -0.1) is 11.3 Å². The molecule has 3 nitrogen and oxygen atoms in total. The molecule has 0 saturated heterocycles. The SMILES string of the molecule is Cc1ccc(NC(=O)c2csc(Br)c2)cn1. The highest BCUT2D eigenvalue weighted by Gasteiger charge is 2.07. The molecule has 0 atom stereocenters. The Bertz CT molecular complexity index is 507. The predicted octanol–water partition coefficient (Wildman–Crippen LogP) is 3.47. The minimum Gasteiger partial charge on any atom is -0.321 e. The molecule has 0 aromatic carbocycles. The van der Waals surface area contributed by atoms with Crippen molar-refractivity contribution in [2.75, 3.05) is 5.32 Å². The molecule has 5 heteroatoms. The molecular formula is C11H9BrN2OS. The molecule has 1 N–H and O–H groups in total. The summed E-state index contributed by atoms with van der Waals surface area (Å²) in [5.41, 5.74) is 2.28. The lowest BCUT2D eigenvalue weighted by atomic mass is 10.3. The molecule has 2 aromatic rings. The van der Waals surface area contributed by atoms with Crippen LogP contribution >= 0.6 is 27.3 Å². The fraction of sp³-hybridized carbons (Fsp3) is 0.0909. The third kappa shape index (κ3) is 2.68. The minimum atomic E-state index is -0.118. The molecular weight excluding hydrogens is 288 g/mol. The fourth-order valence-electron chi connectivity index (χ4n) is 1.17. The van der Waals surface area contributed by atoms with Crippen LogP contribution in [-0.4, -0.2) is 10.9 Å². The van der Waals surface area contributed by atoms with Crippen LogP contribution in [0.1, 0.15) is 16.1 Å². The second kappa shape index (κ2) is 4.76. The maximum absolute atomic E-state index is 11.8. The Morgan fingerprint density at radius 3 is 2.88 bits per heavy atom. The van der Waals surface area contributed by atoms with Crippen LogP contribution in [0.3, 0.4) is 0 Å². The molecule has 82 valence electrons. The van der Waals surface area contributed by atoms with Gasteiger partial charge in [0.25, 0.3) is 5.91 Å². The van der Waals surface area contributed by atoms with E-state index in [-0.39, 0.29) is 5.91 Å². The van der Waals surface area contributed by atoms with Gasteiger partial charge in [-0.05, 0) is 41.1 Å². The van der Waals surface area contributed by atoms with Crippen molar-refractivity contribution in [3.8, 4) is 0 Å². The first-order chi connectivity index (χ1) is 7.65. The maximum Gasteiger partial charge on any atom is 0.256 e. The number of thiophene rings is 1. The summed E-state index contributed by atoms with van der Waals surface area (Å²) in [6, 6.07) is 5.49. The van der Waals surface area contributed by atoms with Gasteiger partial charge in [0, 0.05) is 11.1 Å². The van der Waals surface area contributed by atoms with Crippen molar-refractivity contribution in [2.24, 2.45) is 0 Å². The van der Waals surface area contributed by atoms with E-state index in [4.69, 9.17) is 0 Å². The van der Waals surface area contributed by atoms with E-state index in [9.17, 15) is 4.79 Å². The lowest BCUT2D eigenvalue weighted by Crippen LogP contribution is -2.10. The molecule has 2 rings (SSSR count). The maximum atomic E-state index is 11.8. The Labute approximate surface area is 106 Å². The lowest BCUT2D eigenvalue weighted by Gasteiger charge is -2.02. The molecule has 0 spiro atoms. The zero-order chi connectivity index (χ0) is 11.5. The number of rotatable bonds is 2. The van der Waals surface area contributed by atoms with E-state index in [1.807, 2.05) is 19.1 Å². The van der Waals surface area contributed by atoms with Gasteiger partial charge in [-0.3, -0.25) is 9.78 Å². The second-order valence-electron chi connectivity index (χ2n) is 3.28. The van der Waals surface area contributed by atoms with Crippen LogP contribution in [0.5, 0.6) is 0 Å². The van der Waals surface area contributed by atoms with Crippen LogP contribution in [-0.2, 0) is 0 Å². The number of hydrogen-bond donors (Lipinski definition) is 1. The molecule has 0 aliphatic rings. The van der Waals surface area contributed by atoms with Crippen LogP contribution < -0.4 is 5.32 Å². The van der Waals surface area contributed by atoms with Gasteiger partial charge in [-0.2, -0.15) is 0 Å². The standard InChI is InChI=1S/C11H9BrN2OS/c1-7-2-3-9(5-13-7)14-11(15)8-4-10(12)16-6-8/h2-6H,1H3,(H,14,15). The van der Waals surface area contributed by atoms with E-state index in [1.165, 1.54) is 11.3 Å². The van der Waals surface area contributed by atoms with E-state index < -0.39 is 0 Å². The molecule has 16 heavy (non-hydrogen) atoms. The summed E-state index contributed by atoms with van der Waals surface area (Å²) < 4.78 is 0.944. The highest BCUT2D eigenvalue weighted by Crippen LogP contribution is 2.21. The topological polar surface area (TPSA) is 42.0 Å². The average Bonchev–Trinajstić information content (AvgIpc) is 2.68. The molecule has 0 bridgehead atoms. The largest absolute Gasteiger partial charge is 0.321 e. The van der Waals surface area contributed by atoms with E-state index in [0.29, 0.717) is 11.3 Å². The molecule has 0 unspecified atom stereocenters. The van der Waals surface area contributed by atoms with Crippen molar-refractivity contribution >= 4 is 38.9 Å². The van der Waals surface area contributed by atoms with E-state index in [0.717, 1.165) is 9.48 Å². The summed E-state index contributed by atoms with van der Waals surface area (Å²) in [5.74, 6) is -0.118. The number of halogens is 1. The molecule has 0 aliphatic carbocycles. The zero-order valence-electron chi connectivity index (χ0n) is 8.53. The fourth-order valence-corrected chi connectivity index (χ4v) is 2.31. The number of carbonyl (C=O) groups excluding carboxylic acids is 1. The monoisotopic (exact) mass is 296 g/mol. The van der Waals surface area contributed by atoms with Gasteiger partial charge in [0.05, 0.1) is 21.2 Å². The van der Waals surface area contributed by atoms with Gasteiger partial charge >= 0.3 is 0 Å². The van der Waals surface area contributed by atoms with Gasteiger partial charge in [0.1, 0.15) is 0 Å². The van der Waals surface area contributed by atoms with Crippen molar-refractivity contribution in [1.29, 1.82) is 0 Å². The normalized spacial score (nSPS) is 10.1. The number of carbonyl (C=O) groups is 1. The summed E-state index contributed by atoms with van der Waals surface area (Å²) >= 11 is 4.81. The number of hydrogen-bond acceptors (Lipinski definition) is 3. The molecule has 0 fully saturated rings. The van der Waals surface area contributed by atoms with Gasteiger partial charge < -0.3 is 5.32 Å². The van der Waals surface area contributed by atoms with Gasteiger partial charge in [0.2, 0.25) is 0 Å². The zero-order valence-corrected chi connectivity index (χ0v) is 10.9. The number of nitrogens with one attached hydrogen (secondary N) is 1. The van der Waals surface area contributed by atoms with Crippen molar-refractivity contribution < 1.29 is 4.79 Å². The van der Waals surface area contributed by atoms with Crippen LogP contribution in [0.25, 0.3) is 0 Å². The Kier molecular flexibility index (Phi) is 3.36. The smallest absolute Gasteiger partial charge is 0.256 e. The Morgan fingerprint density at radius 1 is 1.50 bits per heavy atom. The first-order valence-electron chi connectivity index (χ1n) is 4.63. The molecule has 0 radical (unpaired) electrons. The number of amides is 1. The van der Waals surface area contributed by atoms with E-state index in [1.54, 1.807) is 17.6 Å². The van der Waals surface area contributed by atoms with E-state index in [2.05, 4.69) is 26.2 Å². The van der Waals surface area contributed by atoms with Crippen LogP contribution in [0, 0.1) is 6.92 Å². The van der Waals surface area contributed by atoms with Crippen molar-refractivity contribution in [3.05, 3.63) is 44.8 Å². The predicted molar refractivity (Wildman–Crippen MR) is 68.9 cm³/mol. The van der Waals surface area contributed by atoms with Gasteiger partial charge in [-0.1, -0.05) is 0 Å². The first-order valence-corrected chi connectivity index (χ1v) is 6.30. The van der Waals surface area contributed by atoms with Crippen molar-refractivity contribution in [2.45, 2.75) is 6.92 Å². The van der Waals surface area contributed by atoms with Gasteiger partial charge in [-0.25, -0.2) is 0 Å². The summed E-state index contributed by atoms with van der Waals surface area (Å²) in [6.45, 7) is 1.90. The van der Waals surface area contributed by atoms with E-state index >= 15 is 0 Å². The van der Waals surface area contributed by atoms with Crippen LogP contribution in [0.2, 0.25) is 0 Å². The second-order valence-corrected chi connectivity index (χ2v) is 5.57. The van der Waals surface area contributed by atoms with Crippen molar-refractivity contribution in [3.63, 3.8) is 0 Å². The molecule has 0 aliphatic heterocycles. The van der Waals surface area contributed by atoms with Crippen LogP contribution in [0.15, 0.2) is 33.6 Å². The van der Waals surface area contributed by atoms with Crippen LogP contribution in [0.4, 0.5) is 5.69 Å². The summed E-state index contributed by atoms with van der Waals surface area (Å²) in [7, 11) is 0. The lowest BCUT2D eigenvalue weighted by molar-refractivity contribution is 0.102. The third-order valence-electron chi connectivity index (χ3n) is 2.00. The molecule has 0 saturated carbocycles. The number of pyridine rings is 1. The number of nitrogens with zero attached hydrogens (tertiary/aromatic N) is 1.